The second-order valence-corrected chi connectivity index (χ2v) is 4.79. The Morgan fingerprint density at radius 2 is 1.44 bits per heavy atom. The Hall–Kier alpha value is -0.470. The average molecular weight is 293 g/mol. The molecule has 0 aliphatic heterocycles. The molecule has 0 atom stereocenters. The normalized spacial score (nSPS) is 10.5. The molecule has 0 aliphatic rings. The van der Waals surface area contributed by atoms with Crippen LogP contribution in [0, 0.1) is 0 Å². The molecule has 2 aromatic rings. The van der Waals surface area contributed by atoms with Gasteiger partial charge in [0.25, 0.3) is 0 Å². The van der Waals surface area contributed by atoms with E-state index in [1.54, 1.807) is 24.3 Å². The summed E-state index contributed by atoms with van der Waals surface area (Å²) < 4.78 is 0. The van der Waals surface area contributed by atoms with E-state index < -0.39 is 0 Å². The molecule has 2 rings (SSSR count). The first-order valence-corrected chi connectivity index (χ1v) is 5.85. The summed E-state index contributed by atoms with van der Waals surface area (Å²) in [6.45, 7) is 0. The van der Waals surface area contributed by atoms with Gasteiger partial charge in [0.2, 0.25) is 0 Å². The molecule has 0 aliphatic carbocycles. The minimum atomic E-state index is 0.465. The molecule has 1 heterocycles. The molecule has 1 aromatic carbocycles. The SMILES string of the molecule is Clc1ccc(-c2c(Cl)cc(Cl)cc2Cl)nc1. The Morgan fingerprint density at radius 3 is 1.94 bits per heavy atom. The fourth-order valence-corrected chi connectivity index (χ4v) is 2.43. The van der Waals surface area contributed by atoms with Crippen molar-refractivity contribution in [2.24, 2.45) is 0 Å². The molecular formula is C11H5Cl4N. The molecule has 0 unspecified atom stereocenters. The molecule has 1 aromatic heterocycles. The van der Waals surface area contributed by atoms with Crippen molar-refractivity contribution in [3.8, 4) is 11.3 Å². The predicted molar refractivity (Wildman–Crippen MR) is 69.7 cm³/mol. The first kappa shape index (κ1) is 12.0. The third-order valence-corrected chi connectivity index (χ3v) is 3.03. The Labute approximate surface area is 113 Å². The van der Waals surface area contributed by atoms with E-state index in [1.165, 1.54) is 6.20 Å². The zero-order chi connectivity index (χ0) is 11.7. The molecule has 1 nitrogen and oxygen atoms in total. The summed E-state index contributed by atoms with van der Waals surface area (Å²) in [5.74, 6) is 0. The lowest BCUT2D eigenvalue weighted by Crippen LogP contribution is -1.86. The van der Waals surface area contributed by atoms with E-state index in [9.17, 15) is 0 Å². The van der Waals surface area contributed by atoms with Crippen LogP contribution in [0.15, 0.2) is 30.5 Å². The van der Waals surface area contributed by atoms with Crippen LogP contribution in [0.2, 0.25) is 20.1 Å². The molecule has 0 fully saturated rings. The summed E-state index contributed by atoms with van der Waals surface area (Å²) in [6, 6.07) is 6.73. The highest BCUT2D eigenvalue weighted by Gasteiger charge is 2.11. The lowest BCUT2D eigenvalue weighted by atomic mass is 10.1. The zero-order valence-electron chi connectivity index (χ0n) is 7.85. The molecule has 82 valence electrons. The van der Waals surface area contributed by atoms with Gasteiger partial charge in [-0.2, -0.15) is 0 Å². The predicted octanol–water partition coefficient (Wildman–Crippen LogP) is 5.36. The first-order chi connectivity index (χ1) is 7.58. The van der Waals surface area contributed by atoms with Crippen molar-refractivity contribution in [2.75, 3.05) is 0 Å². The van der Waals surface area contributed by atoms with Crippen molar-refractivity contribution >= 4 is 46.4 Å². The Bertz CT molecular complexity index is 499. The van der Waals surface area contributed by atoms with Gasteiger partial charge in [0, 0.05) is 16.8 Å². The summed E-state index contributed by atoms with van der Waals surface area (Å²) in [7, 11) is 0. The molecule has 0 N–H and O–H groups in total. The Balaban J connectivity index is 2.60. The Kier molecular flexibility index (Phi) is 3.60. The van der Waals surface area contributed by atoms with E-state index in [1.807, 2.05) is 0 Å². The highest BCUT2D eigenvalue weighted by Crippen LogP contribution is 2.36. The van der Waals surface area contributed by atoms with Gasteiger partial charge in [-0.05, 0) is 24.3 Å². The number of hydrogen-bond acceptors (Lipinski definition) is 1. The maximum Gasteiger partial charge on any atom is 0.0733 e. The number of rotatable bonds is 1. The lowest BCUT2D eigenvalue weighted by molar-refractivity contribution is 1.33. The van der Waals surface area contributed by atoms with Gasteiger partial charge in [0.15, 0.2) is 0 Å². The molecule has 0 saturated carbocycles. The van der Waals surface area contributed by atoms with Crippen LogP contribution >= 0.6 is 46.4 Å². The van der Waals surface area contributed by atoms with Gasteiger partial charge in [-0.3, -0.25) is 4.98 Å². The zero-order valence-corrected chi connectivity index (χ0v) is 10.9. The maximum absolute atomic E-state index is 6.07. The number of aromatic nitrogens is 1. The molecule has 0 spiro atoms. The summed E-state index contributed by atoms with van der Waals surface area (Å²) in [4.78, 5) is 4.16. The maximum atomic E-state index is 6.07. The minimum Gasteiger partial charge on any atom is -0.255 e. The van der Waals surface area contributed by atoms with Crippen LogP contribution in [0.4, 0.5) is 0 Å². The van der Waals surface area contributed by atoms with Crippen LogP contribution in [-0.2, 0) is 0 Å². The van der Waals surface area contributed by atoms with Crippen molar-refractivity contribution in [2.45, 2.75) is 0 Å². The van der Waals surface area contributed by atoms with Gasteiger partial charge in [-0.15, -0.1) is 0 Å². The van der Waals surface area contributed by atoms with Crippen LogP contribution in [-0.4, -0.2) is 4.98 Å². The van der Waals surface area contributed by atoms with E-state index in [4.69, 9.17) is 46.4 Å². The molecule has 5 heteroatoms. The van der Waals surface area contributed by atoms with Gasteiger partial charge >= 0.3 is 0 Å². The standard InChI is InChI=1S/C11H5Cl4N/c12-6-1-2-10(16-5-6)11-8(14)3-7(13)4-9(11)15/h1-5H. The fourth-order valence-electron chi connectivity index (χ4n) is 1.31. The quantitative estimate of drug-likeness (QED) is 0.689. The van der Waals surface area contributed by atoms with Crippen molar-refractivity contribution in [3.63, 3.8) is 0 Å². The summed E-state index contributed by atoms with van der Waals surface area (Å²) in [5, 5.41) is 1.98. The smallest absolute Gasteiger partial charge is 0.0733 e. The fraction of sp³-hybridized carbons (Fsp3) is 0. The molecule has 0 radical (unpaired) electrons. The second-order valence-electron chi connectivity index (χ2n) is 3.11. The molecule has 0 amide bonds. The number of nitrogens with zero attached hydrogens (tertiary/aromatic N) is 1. The number of hydrogen-bond donors (Lipinski definition) is 0. The third kappa shape index (κ3) is 2.44. The highest BCUT2D eigenvalue weighted by atomic mass is 35.5. The van der Waals surface area contributed by atoms with E-state index in [2.05, 4.69) is 4.98 Å². The Morgan fingerprint density at radius 1 is 0.812 bits per heavy atom. The van der Waals surface area contributed by atoms with Crippen molar-refractivity contribution in [1.82, 2.24) is 4.98 Å². The average Bonchev–Trinajstić information content (AvgIpc) is 2.19. The minimum absolute atomic E-state index is 0.465. The summed E-state index contributed by atoms with van der Waals surface area (Å²) in [5.41, 5.74) is 1.32. The largest absolute Gasteiger partial charge is 0.255 e. The number of benzene rings is 1. The van der Waals surface area contributed by atoms with E-state index in [0.717, 1.165) is 0 Å². The topological polar surface area (TPSA) is 12.9 Å². The first-order valence-electron chi connectivity index (χ1n) is 4.34. The highest BCUT2D eigenvalue weighted by molar-refractivity contribution is 6.41. The van der Waals surface area contributed by atoms with Crippen molar-refractivity contribution < 1.29 is 0 Å². The van der Waals surface area contributed by atoms with Gasteiger partial charge < -0.3 is 0 Å². The van der Waals surface area contributed by atoms with E-state index in [0.29, 0.717) is 31.3 Å². The van der Waals surface area contributed by atoms with Gasteiger partial charge in [-0.25, -0.2) is 0 Å². The molecule has 0 bridgehead atoms. The van der Waals surface area contributed by atoms with Crippen LogP contribution in [0.25, 0.3) is 11.3 Å². The van der Waals surface area contributed by atoms with E-state index >= 15 is 0 Å². The van der Waals surface area contributed by atoms with Crippen LogP contribution in [0.5, 0.6) is 0 Å². The van der Waals surface area contributed by atoms with Crippen LogP contribution in [0.1, 0.15) is 0 Å². The summed E-state index contributed by atoms with van der Waals surface area (Å²) in [6.07, 6.45) is 1.54. The van der Waals surface area contributed by atoms with Gasteiger partial charge in [0.05, 0.1) is 20.8 Å². The van der Waals surface area contributed by atoms with Crippen molar-refractivity contribution in [1.29, 1.82) is 0 Å². The molecule has 0 saturated heterocycles. The monoisotopic (exact) mass is 291 g/mol. The summed E-state index contributed by atoms with van der Waals surface area (Å²) >= 11 is 23.7. The van der Waals surface area contributed by atoms with E-state index in [-0.39, 0.29) is 0 Å². The van der Waals surface area contributed by atoms with Crippen LogP contribution in [0.3, 0.4) is 0 Å². The molecule has 16 heavy (non-hydrogen) atoms. The van der Waals surface area contributed by atoms with Crippen molar-refractivity contribution in [3.05, 3.63) is 50.6 Å². The molecular weight excluding hydrogens is 288 g/mol. The van der Waals surface area contributed by atoms with Crippen LogP contribution < -0.4 is 0 Å². The second kappa shape index (κ2) is 4.80. The third-order valence-electron chi connectivity index (χ3n) is 1.99. The number of halogens is 4. The van der Waals surface area contributed by atoms with Gasteiger partial charge in [-0.1, -0.05) is 46.4 Å². The lowest BCUT2D eigenvalue weighted by Gasteiger charge is -2.06. The number of pyridine rings is 1. The van der Waals surface area contributed by atoms with Gasteiger partial charge in [0.1, 0.15) is 0 Å².